The Kier molecular flexibility index (Phi) is 3.68. The third-order valence-corrected chi connectivity index (χ3v) is 3.35. The molecule has 1 aromatic heterocycles. The number of hydrogen-bond donors (Lipinski definition) is 1. The quantitative estimate of drug-likeness (QED) is 0.803. The second-order valence-electron chi connectivity index (χ2n) is 4.47. The maximum Gasteiger partial charge on any atom is 0.248 e. The summed E-state index contributed by atoms with van der Waals surface area (Å²) >= 11 is 5.98. The fraction of sp³-hybridized carbons (Fsp3) is 0.0667. The van der Waals surface area contributed by atoms with Crippen molar-refractivity contribution < 1.29 is 8.91 Å². The van der Waals surface area contributed by atoms with E-state index in [1.807, 2.05) is 30.3 Å². The minimum absolute atomic E-state index is 0.218. The molecule has 1 atom stereocenters. The maximum absolute atomic E-state index is 13.0. The van der Waals surface area contributed by atoms with Gasteiger partial charge in [-0.05, 0) is 23.8 Å². The molecule has 0 bridgehead atoms. The van der Waals surface area contributed by atoms with E-state index in [0.717, 1.165) is 5.56 Å². The molecule has 4 nitrogen and oxygen atoms in total. The van der Waals surface area contributed by atoms with E-state index in [1.54, 1.807) is 0 Å². The van der Waals surface area contributed by atoms with E-state index < -0.39 is 11.9 Å². The summed E-state index contributed by atoms with van der Waals surface area (Å²) in [7, 11) is 0. The third-order valence-electron chi connectivity index (χ3n) is 3.04. The summed E-state index contributed by atoms with van der Waals surface area (Å²) in [6, 6.07) is 12.9. The normalized spacial score (nSPS) is 12.3. The predicted molar refractivity (Wildman–Crippen MR) is 77.2 cm³/mol. The average Bonchev–Trinajstić information content (AvgIpc) is 2.97. The summed E-state index contributed by atoms with van der Waals surface area (Å²) in [5.41, 5.74) is 7.43. The lowest BCUT2D eigenvalue weighted by Gasteiger charge is -2.05. The van der Waals surface area contributed by atoms with Gasteiger partial charge in [0.05, 0.1) is 5.02 Å². The molecular formula is C15H11ClFN3O. The van der Waals surface area contributed by atoms with Gasteiger partial charge >= 0.3 is 0 Å². The lowest BCUT2D eigenvalue weighted by molar-refractivity contribution is 0.367. The van der Waals surface area contributed by atoms with Crippen molar-refractivity contribution in [3.05, 3.63) is 70.8 Å². The summed E-state index contributed by atoms with van der Waals surface area (Å²) in [6.07, 6.45) is 0. The van der Waals surface area contributed by atoms with E-state index in [0.29, 0.717) is 5.56 Å². The minimum atomic E-state index is -0.522. The molecule has 0 spiro atoms. The molecule has 0 saturated heterocycles. The molecule has 6 heteroatoms. The van der Waals surface area contributed by atoms with E-state index in [9.17, 15) is 4.39 Å². The zero-order chi connectivity index (χ0) is 14.8. The van der Waals surface area contributed by atoms with Crippen LogP contribution in [0.3, 0.4) is 0 Å². The molecule has 0 amide bonds. The van der Waals surface area contributed by atoms with Crippen LogP contribution in [-0.4, -0.2) is 10.1 Å². The molecule has 0 aliphatic carbocycles. The van der Waals surface area contributed by atoms with Crippen molar-refractivity contribution >= 4 is 11.6 Å². The first-order valence-electron chi connectivity index (χ1n) is 6.24. The minimum Gasteiger partial charge on any atom is -0.337 e. The first-order valence-corrected chi connectivity index (χ1v) is 6.62. The van der Waals surface area contributed by atoms with Gasteiger partial charge in [-0.1, -0.05) is 47.1 Å². The Hall–Kier alpha value is -2.24. The largest absolute Gasteiger partial charge is 0.337 e. The predicted octanol–water partition coefficient (Wildman–Crippen LogP) is 3.58. The Bertz CT molecular complexity index is 761. The van der Waals surface area contributed by atoms with Gasteiger partial charge in [-0.25, -0.2) is 4.39 Å². The smallest absolute Gasteiger partial charge is 0.248 e. The Morgan fingerprint density at radius 2 is 1.90 bits per heavy atom. The molecule has 0 fully saturated rings. The van der Waals surface area contributed by atoms with Gasteiger partial charge in [0.2, 0.25) is 11.7 Å². The molecule has 106 valence electrons. The second kappa shape index (κ2) is 5.63. The van der Waals surface area contributed by atoms with Crippen LogP contribution in [0, 0.1) is 5.82 Å². The van der Waals surface area contributed by atoms with Crippen LogP contribution in [0.4, 0.5) is 4.39 Å². The number of rotatable bonds is 3. The number of nitrogens with zero attached hydrogens (tertiary/aromatic N) is 2. The van der Waals surface area contributed by atoms with Gasteiger partial charge in [-0.2, -0.15) is 4.98 Å². The lowest BCUT2D eigenvalue weighted by atomic mass is 10.1. The van der Waals surface area contributed by atoms with Crippen LogP contribution in [-0.2, 0) is 0 Å². The molecule has 0 saturated carbocycles. The van der Waals surface area contributed by atoms with E-state index in [4.69, 9.17) is 21.9 Å². The second-order valence-corrected chi connectivity index (χ2v) is 4.88. The Morgan fingerprint density at radius 3 is 2.62 bits per heavy atom. The van der Waals surface area contributed by atoms with E-state index >= 15 is 0 Å². The van der Waals surface area contributed by atoms with Crippen molar-refractivity contribution in [2.45, 2.75) is 6.04 Å². The van der Waals surface area contributed by atoms with Crippen molar-refractivity contribution in [3.8, 4) is 11.4 Å². The van der Waals surface area contributed by atoms with Gasteiger partial charge in [0.25, 0.3) is 0 Å². The van der Waals surface area contributed by atoms with E-state index in [2.05, 4.69) is 10.1 Å². The van der Waals surface area contributed by atoms with Crippen molar-refractivity contribution in [1.29, 1.82) is 0 Å². The Labute approximate surface area is 125 Å². The first kappa shape index (κ1) is 13.7. The summed E-state index contributed by atoms with van der Waals surface area (Å²) in [5, 5.41) is 4.07. The van der Waals surface area contributed by atoms with Crippen molar-refractivity contribution in [2.75, 3.05) is 0 Å². The molecule has 2 N–H and O–H groups in total. The van der Waals surface area contributed by atoms with Gasteiger partial charge in [0, 0.05) is 5.56 Å². The number of nitrogens with two attached hydrogens (primary N) is 1. The van der Waals surface area contributed by atoms with Gasteiger partial charge < -0.3 is 10.3 Å². The third kappa shape index (κ3) is 2.79. The Balaban J connectivity index is 1.93. The fourth-order valence-electron chi connectivity index (χ4n) is 1.94. The molecular weight excluding hydrogens is 293 g/mol. The number of halogens is 2. The van der Waals surface area contributed by atoms with Gasteiger partial charge in [-0.3, -0.25) is 0 Å². The van der Waals surface area contributed by atoms with Gasteiger partial charge in [0.1, 0.15) is 11.9 Å². The molecule has 3 aromatic rings. The Morgan fingerprint density at radius 1 is 1.14 bits per heavy atom. The number of aromatic nitrogens is 2. The molecule has 3 rings (SSSR count). The number of benzene rings is 2. The van der Waals surface area contributed by atoms with Crippen LogP contribution in [0.5, 0.6) is 0 Å². The zero-order valence-electron chi connectivity index (χ0n) is 10.8. The molecule has 0 aliphatic heterocycles. The maximum atomic E-state index is 13.0. The summed E-state index contributed by atoms with van der Waals surface area (Å²) < 4.78 is 18.2. The van der Waals surface area contributed by atoms with Crippen LogP contribution in [0.15, 0.2) is 53.1 Å². The van der Waals surface area contributed by atoms with Crippen LogP contribution in [0.1, 0.15) is 17.5 Å². The zero-order valence-corrected chi connectivity index (χ0v) is 11.6. The monoisotopic (exact) mass is 303 g/mol. The molecule has 0 unspecified atom stereocenters. The molecule has 0 aliphatic rings. The summed E-state index contributed by atoms with van der Waals surface area (Å²) in [4.78, 5) is 4.24. The summed E-state index contributed by atoms with van der Waals surface area (Å²) in [5.74, 6) is 0.131. The van der Waals surface area contributed by atoms with Gasteiger partial charge in [0.15, 0.2) is 0 Å². The highest BCUT2D eigenvalue weighted by molar-refractivity contribution is 6.33. The van der Waals surface area contributed by atoms with Crippen molar-refractivity contribution in [1.82, 2.24) is 10.1 Å². The summed E-state index contributed by atoms with van der Waals surface area (Å²) in [6.45, 7) is 0. The first-order chi connectivity index (χ1) is 10.1. The standard InChI is InChI=1S/C15H11ClFN3O/c16-12-8-10(17)6-7-11(12)14-19-15(21-20-14)13(18)9-4-2-1-3-5-9/h1-8,13H,18H2/t13-/m0/s1. The molecule has 21 heavy (non-hydrogen) atoms. The van der Waals surface area contributed by atoms with E-state index in [1.165, 1.54) is 18.2 Å². The van der Waals surface area contributed by atoms with Crippen LogP contribution >= 0.6 is 11.6 Å². The highest BCUT2D eigenvalue weighted by Crippen LogP contribution is 2.27. The SMILES string of the molecule is N[C@@H](c1ccccc1)c1nc(-c2ccc(F)cc2Cl)no1. The molecule has 0 radical (unpaired) electrons. The van der Waals surface area contributed by atoms with Gasteiger partial charge in [-0.15, -0.1) is 0 Å². The van der Waals surface area contributed by atoms with E-state index in [-0.39, 0.29) is 16.7 Å². The number of hydrogen-bond acceptors (Lipinski definition) is 4. The van der Waals surface area contributed by atoms with Crippen molar-refractivity contribution in [2.24, 2.45) is 5.73 Å². The highest BCUT2D eigenvalue weighted by atomic mass is 35.5. The van der Waals surface area contributed by atoms with Crippen LogP contribution in [0.2, 0.25) is 5.02 Å². The lowest BCUT2D eigenvalue weighted by Crippen LogP contribution is -2.11. The van der Waals surface area contributed by atoms with Crippen molar-refractivity contribution in [3.63, 3.8) is 0 Å². The molecule has 1 heterocycles. The highest BCUT2D eigenvalue weighted by Gasteiger charge is 2.18. The van der Waals surface area contributed by atoms with Crippen LogP contribution in [0.25, 0.3) is 11.4 Å². The molecule has 2 aromatic carbocycles. The van der Waals surface area contributed by atoms with Crippen LogP contribution < -0.4 is 5.73 Å². The topological polar surface area (TPSA) is 64.9 Å². The average molecular weight is 304 g/mol. The fourth-order valence-corrected chi connectivity index (χ4v) is 2.20.